The summed E-state index contributed by atoms with van der Waals surface area (Å²) in [5.41, 5.74) is 2.45. The number of aryl methyl sites for hydroxylation is 1. The van der Waals surface area contributed by atoms with Gasteiger partial charge in [-0.1, -0.05) is 42.5 Å². The Labute approximate surface area is 153 Å². The van der Waals surface area contributed by atoms with E-state index in [9.17, 15) is 9.59 Å². The minimum atomic E-state index is -0.934. The van der Waals surface area contributed by atoms with Gasteiger partial charge in [0, 0.05) is 11.6 Å². The Morgan fingerprint density at radius 2 is 1.88 bits per heavy atom. The van der Waals surface area contributed by atoms with Gasteiger partial charge in [-0.25, -0.2) is 0 Å². The number of benzene rings is 2. The molecule has 136 valence electrons. The second-order valence-electron chi connectivity index (χ2n) is 6.54. The van der Waals surface area contributed by atoms with Gasteiger partial charge in [0.1, 0.15) is 5.75 Å². The molecule has 0 radical (unpaired) electrons. The molecular formula is C21H23NO4. The number of ether oxygens (including phenoxy) is 2. The fourth-order valence-electron chi connectivity index (χ4n) is 2.72. The maximum absolute atomic E-state index is 12.5. The van der Waals surface area contributed by atoms with Crippen LogP contribution in [-0.4, -0.2) is 25.0 Å². The first-order chi connectivity index (χ1) is 12.6. The molecule has 1 atom stereocenters. The molecule has 0 heterocycles. The Bertz CT molecular complexity index is 784. The molecule has 2 aromatic rings. The number of carbonyl (C=O) groups is 2. The third-order valence-corrected chi connectivity index (χ3v) is 4.33. The second-order valence-corrected chi connectivity index (χ2v) is 6.54. The molecule has 26 heavy (non-hydrogen) atoms. The van der Waals surface area contributed by atoms with E-state index in [1.165, 1.54) is 0 Å². The van der Waals surface area contributed by atoms with Crippen molar-refractivity contribution in [1.82, 2.24) is 5.32 Å². The molecule has 1 amide bonds. The van der Waals surface area contributed by atoms with Gasteiger partial charge in [0.15, 0.2) is 0 Å². The van der Waals surface area contributed by atoms with E-state index in [1.54, 1.807) is 19.2 Å². The van der Waals surface area contributed by atoms with E-state index >= 15 is 0 Å². The lowest BCUT2D eigenvalue weighted by Crippen LogP contribution is -2.33. The highest BCUT2D eigenvalue weighted by atomic mass is 16.5. The van der Waals surface area contributed by atoms with Gasteiger partial charge in [-0.05, 0) is 37.0 Å². The average molecular weight is 353 g/mol. The van der Waals surface area contributed by atoms with Gasteiger partial charge < -0.3 is 14.8 Å². The molecule has 0 spiro atoms. The van der Waals surface area contributed by atoms with E-state index in [0.29, 0.717) is 5.56 Å². The number of esters is 1. The Morgan fingerprint density at radius 3 is 2.54 bits per heavy atom. The molecule has 2 aromatic carbocycles. The number of hydrogen-bond donors (Lipinski definition) is 1. The normalized spacial score (nSPS) is 14.4. The van der Waals surface area contributed by atoms with Crippen molar-refractivity contribution < 1.29 is 19.1 Å². The molecule has 1 aliphatic carbocycles. The first-order valence-electron chi connectivity index (χ1n) is 8.75. The van der Waals surface area contributed by atoms with E-state index in [1.807, 2.05) is 43.3 Å². The van der Waals surface area contributed by atoms with Gasteiger partial charge in [-0.2, -0.15) is 0 Å². The summed E-state index contributed by atoms with van der Waals surface area (Å²) in [5.74, 6) is 0.00521. The third kappa shape index (κ3) is 4.63. The fourth-order valence-corrected chi connectivity index (χ4v) is 2.72. The van der Waals surface area contributed by atoms with Crippen LogP contribution in [0.15, 0.2) is 48.5 Å². The van der Waals surface area contributed by atoms with Crippen molar-refractivity contribution in [3.8, 4) is 5.75 Å². The van der Waals surface area contributed by atoms with Crippen LogP contribution in [0.1, 0.15) is 35.6 Å². The fraction of sp³-hybridized carbons (Fsp3) is 0.333. The maximum Gasteiger partial charge on any atom is 0.311 e. The quantitative estimate of drug-likeness (QED) is 0.777. The molecule has 0 saturated heterocycles. The monoisotopic (exact) mass is 353 g/mol. The maximum atomic E-state index is 12.5. The smallest absolute Gasteiger partial charge is 0.311 e. The number of methoxy groups -OCH3 is 1. The zero-order valence-electron chi connectivity index (χ0n) is 15.0. The molecule has 1 N–H and O–H groups in total. The van der Waals surface area contributed by atoms with Crippen molar-refractivity contribution in [3.63, 3.8) is 0 Å². The summed E-state index contributed by atoms with van der Waals surface area (Å²) in [5, 5.41) is 2.91. The summed E-state index contributed by atoms with van der Waals surface area (Å²) < 4.78 is 10.8. The summed E-state index contributed by atoms with van der Waals surface area (Å²) >= 11 is 0. The van der Waals surface area contributed by atoms with Crippen LogP contribution in [0.25, 0.3) is 0 Å². The van der Waals surface area contributed by atoms with Gasteiger partial charge in [0.25, 0.3) is 5.91 Å². The molecule has 1 saturated carbocycles. The van der Waals surface area contributed by atoms with Crippen molar-refractivity contribution in [2.24, 2.45) is 0 Å². The van der Waals surface area contributed by atoms with Gasteiger partial charge in [0.05, 0.1) is 13.5 Å². The highest BCUT2D eigenvalue weighted by Crippen LogP contribution is 2.24. The van der Waals surface area contributed by atoms with E-state index < -0.39 is 12.1 Å². The van der Waals surface area contributed by atoms with Gasteiger partial charge in [0.2, 0.25) is 6.10 Å². The van der Waals surface area contributed by atoms with Crippen molar-refractivity contribution in [3.05, 3.63) is 65.2 Å². The molecule has 0 bridgehead atoms. The summed E-state index contributed by atoms with van der Waals surface area (Å²) in [6, 6.07) is 14.9. The zero-order chi connectivity index (χ0) is 18.5. The summed E-state index contributed by atoms with van der Waals surface area (Å²) in [4.78, 5) is 25.0. The first-order valence-corrected chi connectivity index (χ1v) is 8.75. The Hall–Kier alpha value is -2.82. The Balaban J connectivity index is 1.71. The summed E-state index contributed by atoms with van der Waals surface area (Å²) in [6.07, 6.45) is 1.10. The predicted octanol–water partition coefficient (Wildman–Crippen LogP) is 3.11. The van der Waals surface area contributed by atoms with Crippen LogP contribution in [0, 0.1) is 6.92 Å². The van der Waals surface area contributed by atoms with Gasteiger partial charge in [-0.15, -0.1) is 0 Å². The van der Waals surface area contributed by atoms with Crippen LogP contribution in [-0.2, 0) is 20.7 Å². The minimum Gasteiger partial charge on any atom is -0.496 e. The van der Waals surface area contributed by atoms with E-state index in [-0.39, 0.29) is 18.4 Å². The van der Waals surface area contributed by atoms with Crippen LogP contribution >= 0.6 is 0 Å². The van der Waals surface area contributed by atoms with E-state index in [0.717, 1.165) is 29.7 Å². The Morgan fingerprint density at radius 1 is 1.15 bits per heavy atom. The molecule has 1 aliphatic rings. The SMILES string of the molecule is COc1cc(CC(=O)O[C@@H](C(=O)NC2CC2)c2ccccc2)ccc1C. The van der Waals surface area contributed by atoms with Gasteiger partial charge >= 0.3 is 5.97 Å². The molecule has 3 rings (SSSR count). The number of amides is 1. The average Bonchev–Trinajstić information content (AvgIpc) is 3.46. The largest absolute Gasteiger partial charge is 0.496 e. The van der Waals surface area contributed by atoms with E-state index in [4.69, 9.17) is 9.47 Å². The molecule has 0 aliphatic heterocycles. The minimum absolute atomic E-state index is 0.0800. The van der Waals surface area contributed by atoms with Crippen LogP contribution in [0.2, 0.25) is 0 Å². The van der Waals surface area contributed by atoms with Crippen LogP contribution in [0.3, 0.4) is 0 Å². The first kappa shape index (κ1) is 18.0. The lowest BCUT2D eigenvalue weighted by molar-refractivity contribution is -0.156. The zero-order valence-corrected chi connectivity index (χ0v) is 15.0. The molecule has 0 unspecified atom stereocenters. The van der Waals surface area contributed by atoms with Crippen LogP contribution < -0.4 is 10.1 Å². The number of carbonyl (C=O) groups excluding carboxylic acids is 2. The number of hydrogen-bond acceptors (Lipinski definition) is 4. The van der Waals surface area contributed by atoms with Crippen molar-refractivity contribution >= 4 is 11.9 Å². The summed E-state index contributed by atoms with van der Waals surface area (Å²) in [6.45, 7) is 1.94. The topological polar surface area (TPSA) is 64.6 Å². The lowest BCUT2D eigenvalue weighted by atomic mass is 10.1. The van der Waals surface area contributed by atoms with Crippen LogP contribution in [0.5, 0.6) is 5.75 Å². The summed E-state index contributed by atoms with van der Waals surface area (Å²) in [7, 11) is 1.60. The van der Waals surface area contributed by atoms with Crippen molar-refractivity contribution in [2.45, 2.75) is 38.3 Å². The van der Waals surface area contributed by atoms with Crippen LogP contribution in [0.4, 0.5) is 0 Å². The molecule has 5 heteroatoms. The number of rotatable bonds is 7. The van der Waals surface area contributed by atoms with Gasteiger partial charge in [-0.3, -0.25) is 9.59 Å². The standard InChI is InChI=1S/C21H23NO4/c1-14-8-9-15(12-18(14)25-2)13-19(23)26-20(16-6-4-3-5-7-16)21(24)22-17-10-11-17/h3-9,12,17,20H,10-11,13H2,1-2H3,(H,22,24)/t20-/m1/s1. The highest BCUT2D eigenvalue weighted by molar-refractivity contribution is 5.85. The molecule has 5 nitrogen and oxygen atoms in total. The molecular weight excluding hydrogens is 330 g/mol. The third-order valence-electron chi connectivity index (χ3n) is 4.33. The lowest BCUT2D eigenvalue weighted by Gasteiger charge is -2.18. The van der Waals surface area contributed by atoms with Crippen molar-refractivity contribution in [1.29, 1.82) is 0 Å². The Kier molecular flexibility index (Phi) is 5.56. The predicted molar refractivity (Wildman–Crippen MR) is 97.9 cm³/mol. The van der Waals surface area contributed by atoms with Crippen molar-refractivity contribution in [2.75, 3.05) is 7.11 Å². The molecule has 1 fully saturated rings. The van der Waals surface area contributed by atoms with E-state index in [2.05, 4.69) is 5.32 Å². The second kappa shape index (κ2) is 8.04. The number of nitrogens with one attached hydrogen (secondary N) is 1. The highest BCUT2D eigenvalue weighted by Gasteiger charge is 2.30. The molecule has 0 aromatic heterocycles.